The van der Waals surface area contributed by atoms with E-state index in [9.17, 15) is 27.2 Å². The molecule has 7 nitrogen and oxygen atoms in total. The molecule has 2 aromatic carbocycles. The van der Waals surface area contributed by atoms with E-state index in [2.05, 4.69) is 20.7 Å². The van der Waals surface area contributed by atoms with Gasteiger partial charge in [-0.25, -0.2) is 4.39 Å². The number of carbonyl (C=O) groups excluding carboxylic acids is 2. The summed E-state index contributed by atoms with van der Waals surface area (Å²) in [6.45, 7) is 3.71. The molecule has 0 spiro atoms. The molecule has 11 heteroatoms. The molecule has 2 unspecified atom stereocenters. The highest BCUT2D eigenvalue weighted by atomic mass is 19.4. The van der Waals surface area contributed by atoms with Crippen molar-refractivity contribution in [2.75, 3.05) is 7.11 Å². The van der Waals surface area contributed by atoms with Gasteiger partial charge in [0.1, 0.15) is 5.75 Å². The summed E-state index contributed by atoms with van der Waals surface area (Å²) >= 11 is 0. The molecule has 0 aliphatic carbocycles. The minimum atomic E-state index is -4.80. The van der Waals surface area contributed by atoms with E-state index in [1.807, 2.05) is 13.8 Å². The molecular weight excluding hydrogens is 470 g/mol. The van der Waals surface area contributed by atoms with Crippen molar-refractivity contribution in [3.63, 3.8) is 0 Å². The second kappa shape index (κ2) is 10.9. The minimum Gasteiger partial charge on any atom is -0.494 e. The van der Waals surface area contributed by atoms with E-state index in [4.69, 9.17) is 4.74 Å². The highest BCUT2D eigenvalue weighted by molar-refractivity contribution is 5.89. The van der Waals surface area contributed by atoms with Crippen LogP contribution in [0.25, 0.3) is 0 Å². The number of alkyl halides is 3. The van der Waals surface area contributed by atoms with Crippen molar-refractivity contribution in [1.82, 2.24) is 16.0 Å². The third-order valence-electron chi connectivity index (χ3n) is 5.54. The van der Waals surface area contributed by atoms with Gasteiger partial charge in [-0.3, -0.25) is 14.9 Å². The summed E-state index contributed by atoms with van der Waals surface area (Å²) in [6, 6.07) is 8.37. The Morgan fingerprint density at radius 1 is 1.17 bits per heavy atom. The Morgan fingerprint density at radius 3 is 2.43 bits per heavy atom. The Bertz CT molecular complexity index is 1040. The van der Waals surface area contributed by atoms with Crippen LogP contribution in [0.15, 0.2) is 42.5 Å². The quantitative estimate of drug-likeness (QED) is 0.485. The molecule has 0 saturated carbocycles. The van der Waals surface area contributed by atoms with Crippen LogP contribution in [0.2, 0.25) is 0 Å². The van der Waals surface area contributed by atoms with Crippen molar-refractivity contribution in [2.45, 2.75) is 51.3 Å². The fourth-order valence-corrected chi connectivity index (χ4v) is 3.90. The van der Waals surface area contributed by atoms with Gasteiger partial charge in [0.2, 0.25) is 11.8 Å². The maximum absolute atomic E-state index is 14.0. The van der Waals surface area contributed by atoms with Crippen LogP contribution in [-0.2, 0) is 16.0 Å². The Kier molecular flexibility index (Phi) is 8.21. The first-order valence-electron chi connectivity index (χ1n) is 11.0. The van der Waals surface area contributed by atoms with Gasteiger partial charge in [-0.1, -0.05) is 32.0 Å². The highest BCUT2D eigenvalue weighted by Gasteiger charge is 2.33. The predicted octanol–water partition coefficient (Wildman–Crippen LogP) is 3.59. The molecule has 2 aromatic rings. The summed E-state index contributed by atoms with van der Waals surface area (Å²) < 4.78 is 60.1. The average Bonchev–Trinajstić information content (AvgIpc) is 2.76. The number of methoxy groups -OCH3 is 1. The standard InChI is InChI=1S/C24H27F4N3O4/c1-13(2)22(15-5-7-16(8-6-15)35-24(26,27)28)31-23(33)18-12-21(32)30-20(29-18)11-14-4-9-19(34-3)17(25)10-14/h4-10,13,18,20,22,29H,11-12H2,1-3H3,(H,30,32)(H,31,33)/t18?,20?,22-/m1/s1. The van der Waals surface area contributed by atoms with Gasteiger partial charge in [0, 0.05) is 6.42 Å². The molecule has 1 aliphatic heterocycles. The summed E-state index contributed by atoms with van der Waals surface area (Å²) in [5, 5.41) is 8.69. The average molecular weight is 497 g/mol. The third-order valence-corrected chi connectivity index (χ3v) is 5.54. The maximum Gasteiger partial charge on any atom is 0.573 e. The topological polar surface area (TPSA) is 88.7 Å². The van der Waals surface area contributed by atoms with Crippen molar-refractivity contribution in [1.29, 1.82) is 0 Å². The molecule has 0 radical (unpaired) electrons. The molecule has 0 aromatic heterocycles. The first-order chi connectivity index (χ1) is 16.4. The van der Waals surface area contributed by atoms with Gasteiger partial charge in [-0.2, -0.15) is 0 Å². The van der Waals surface area contributed by atoms with Crippen LogP contribution in [0.1, 0.15) is 37.4 Å². The normalized spacial score (nSPS) is 19.1. The monoisotopic (exact) mass is 497 g/mol. The first kappa shape index (κ1) is 26.3. The summed E-state index contributed by atoms with van der Waals surface area (Å²) in [6.07, 6.45) is -5.25. The number of hydrogen-bond donors (Lipinski definition) is 3. The van der Waals surface area contributed by atoms with Gasteiger partial charge in [-0.05, 0) is 41.3 Å². The zero-order valence-corrected chi connectivity index (χ0v) is 19.4. The zero-order valence-electron chi connectivity index (χ0n) is 19.4. The number of carbonyl (C=O) groups is 2. The summed E-state index contributed by atoms with van der Waals surface area (Å²) in [5.41, 5.74) is 1.19. The van der Waals surface area contributed by atoms with Crippen LogP contribution in [0, 0.1) is 11.7 Å². The van der Waals surface area contributed by atoms with Crippen LogP contribution in [-0.4, -0.2) is 37.5 Å². The maximum atomic E-state index is 14.0. The fourth-order valence-electron chi connectivity index (χ4n) is 3.90. The van der Waals surface area contributed by atoms with E-state index in [1.165, 1.54) is 43.5 Å². The van der Waals surface area contributed by atoms with Crippen LogP contribution < -0.4 is 25.4 Å². The lowest BCUT2D eigenvalue weighted by Gasteiger charge is -2.33. The fraction of sp³-hybridized carbons (Fsp3) is 0.417. The van der Waals surface area contributed by atoms with Gasteiger partial charge in [-0.15, -0.1) is 13.2 Å². The largest absolute Gasteiger partial charge is 0.573 e. The van der Waals surface area contributed by atoms with Gasteiger partial charge in [0.15, 0.2) is 11.6 Å². The predicted molar refractivity (Wildman–Crippen MR) is 119 cm³/mol. The molecule has 3 atom stereocenters. The third kappa shape index (κ3) is 7.32. The van der Waals surface area contributed by atoms with E-state index in [-0.39, 0.29) is 36.2 Å². The molecule has 1 heterocycles. The lowest BCUT2D eigenvalue weighted by molar-refractivity contribution is -0.274. The van der Waals surface area contributed by atoms with Gasteiger partial charge < -0.3 is 20.1 Å². The Hall–Kier alpha value is -3.34. The first-order valence-corrected chi connectivity index (χ1v) is 11.0. The number of hydrogen-bond acceptors (Lipinski definition) is 5. The number of nitrogens with one attached hydrogen (secondary N) is 3. The van der Waals surface area contributed by atoms with Crippen LogP contribution in [0.3, 0.4) is 0 Å². The van der Waals surface area contributed by atoms with Crippen molar-refractivity contribution in [3.8, 4) is 11.5 Å². The van der Waals surface area contributed by atoms with Crippen LogP contribution in [0.5, 0.6) is 11.5 Å². The van der Waals surface area contributed by atoms with E-state index < -0.39 is 36.3 Å². The number of benzene rings is 2. The summed E-state index contributed by atoms with van der Waals surface area (Å²) in [7, 11) is 1.36. The molecule has 190 valence electrons. The van der Waals surface area contributed by atoms with Crippen molar-refractivity contribution in [2.24, 2.45) is 5.92 Å². The molecule has 3 N–H and O–H groups in total. The SMILES string of the molecule is COc1ccc(CC2NC(=O)CC(C(=O)N[C@@H](c3ccc(OC(F)(F)F)cc3)C(C)C)N2)cc1F. The molecular formula is C24H27F4N3O4. The van der Waals surface area contributed by atoms with Crippen molar-refractivity contribution >= 4 is 11.8 Å². The Balaban J connectivity index is 1.67. The number of halogens is 4. The molecule has 2 amide bonds. The van der Waals surface area contributed by atoms with Gasteiger partial charge in [0.25, 0.3) is 0 Å². The highest BCUT2D eigenvalue weighted by Crippen LogP contribution is 2.27. The summed E-state index contributed by atoms with van der Waals surface area (Å²) in [5.74, 6) is -1.66. The Labute approximate surface area is 200 Å². The van der Waals surface area contributed by atoms with E-state index in [0.717, 1.165) is 0 Å². The van der Waals surface area contributed by atoms with E-state index in [1.54, 1.807) is 6.07 Å². The van der Waals surface area contributed by atoms with Crippen LogP contribution >= 0.6 is 0 Å². The minimum absolute atomic E-state index is 0.0937. The van der Waals surface area contributed by atoms with Crippen molar-refractivity contribution < 1.29 is 36.6 Å². The summed E-state index contributed by atoms with van der Waals surface area (Å²) in [4.78, 5) is 25.3. The molecule has 1 aliphatic rings. The number of amides is 2. The second-order valence-electron chi connectivity index (χ2n) is 8.56. The van der Waals surface area contributed by atoms with Crippen molar-refractivity contribution in [3.05, 3.63) is 59.4 Å². The van der Waals surface area contributed by atoms with Crippen LogP contribution in [0.4, 0.5) is 17.6 Å². The van der Waals surface area contributed by atoms with E-state index >= 15 is 0 Å². The smallest absolute Gasteiger partial charge is 0.494 e. The molecule has 1 fully saturated rings. The Morgan fingerprint density at radius 2 is 1.86 bits per heavy atom. The zero-order chi connectivity index (χ0) is 25.8. The molecule has 3 rings (SSSR count). The lowest BCUT2D eigenvalue weighted by atomic mass is 9.95. The molecule has 0 bridgehead atoms. The lowest BCUT2D eigenvalue weighted by Crippen LogP contribution is -2.61. The van der Waals surface area contributed by atoms with E-state index in [0.29, 0.717) is 11.1 Å². The van der Waals surface area contributed by atoms with Gasteiger partial charge >= 0.3 is 6.36 Å². The molecule has 35 heavy (non-hydrogen) atoms. The van der Waals surface area contributed by atoms with Gasteiger partial charge in [0.05, 0.1) is 31.8 Å². The molecule has 1 saturated heterocycles. The number of rotatable bonds is 8. The number of ether oxygens (including phenoxy) is 2. The second-order valence-corrected chi connectivity index (χ2v) is 8.56.